The second kappa shape index (κ2) is 6.65. The second-order valence-corrected chi connectivity index (χ2v) is 5.21. The molecule has 1 aromatic rings. The van der Waals surface area contributed by atoms with Crippen LogP contribution in [0.1, 0.15) is 32.1 Å². The zero-order chi connectivity index (χ0) is 14.8. The van der Waals surface area contributed by atoms with Crippen molar-refractivity contribution in [3.63, 3.8) is 0 Å². The van der Waals surface area contributed by atoms with Gasteiger partial charge in [0.2, 0.25) is 5.91 Å². The van der Waals surface area contributed by atoms with Gasteiger partial charge < -0.3 is 11.1 Å². The van der Waals surface area contributed by atoms with Crippen molar-refractivity contribution in [1.82, 2.24) is 9.78 Å². The normalized spacial score (nSPS) is 17.9. The number of hydrogen-bond acceptors (Lipinski definition) is 3. The van der Waals surface area contributed by atoms with Gasteiger partial charge >= 0.3 is 6.18 Å². The van der Waals surface area contributed by atoms with Crippen molar-refractivity contribution in [2.24, 2.45) is 5.73 Å². The van der Waals surface area contributed by atoms with Crippen LogP contribution < -0.4 is 11.1 Å². The molecule has 1 aliphatic rings. The summed E-state index contributed by atoms with van der Waals surface area (Å²) >= 11 is 0. The molecule has 0 radical (unpaired) electrons. The van der Waals surface area contributed by atoms with Crippen LogP contribution in [0.3, 0.4) is 0 Å². The standard InChI is InChI=1S/C12H17F3N4O.ClH/c13-12(14,15)8-19-7-9(6-17-19)18-10(20)11(16)4-2-1-3-5-11;/h6-7H,1-5,8,16H2,(H,18,20);1H. The molecule has 3 N–H and O–H groups in total. The molecule has 2 rings (SSSR count). The van der Waals surface area contributed by atoms with Crippen LogP contribution >= 0.6 is 12.4 Å². The minimum absolute atomic E-state index is 0. The molecule has 9 heteroatoms. The number of rotatable bonds is 3. The van der Waals surface area contributed by atoms with Gasteiger partial charge in [0.25, 0.3) is 0 Å². The Hall–Kier alpha value is -1.28. The number of alkyl halides is 3. The van der Waals surface area contributed by atoms with Crippen LogP contribution in [0.5, 0.6) is 0 Å². The van der Waals surface area contributed by atoms with Crippen LogP contribution in [0, 0.1) is 0 Å². The van der Waals surface area contributed by atoms with Crippen LogP contribution in [-0.4, -0.2) is 27.4 Å². The Morgan fingerprint density at radius 2 is 2.00 bits per heavy atom. The minimum Gasteiger partial charge on any atom is -0.322 e. The van der Waals surface area contributed by atoms with Crippen LogP contribution in [0.4, 0.5) is 18.9 Å². The summed E-state index contributed by atoms with van der Waals surface area (Å²) in [6.45, 7) is -1.18. The van der Waals surface area contributed by atoms with Crippen LogP contribution in [0.2, 0.25) is 0 Å². The Kier molecular flexibility index (Phi) is 5.63. The zero-order valence-corrected chi connectivity index (χ0v) is 12.1. The molecule has 1 amide bonds. The van der Waals surface area contributed by atoms with E-state index in [-0.39, 0.29) is 24.0 Å². The van der Waals surface area contributed by atoms with Gasteiger partial charge in [-0.15, -0.1) is 12.4 Å². The summed E-state index contributed by atoms with van der Waals surface area (Å²) in [7, 11) is 0. The van der Waals surface area contributed by atoms with E-state index < -0.39 is 18.3 Å². The zero-order valence-electron chi connectivity index (χ0n) is 11.3. The van der Waals surface area contributed by atoms with Crippen molar-refractivity contribution >= 4 is 24.0 Å². The van der Waals surface area contributed by atoms with Gasteiger partial charge in [-0.2, -0.15) is 18.3 Å². The maximum atomic E-state index is 12.2. The number of aromatic nitrogens is 2. The molecule has 0 aliphatic heterocycles. The van der Waals surface area contributed by atoms with Gasteiger partial charge in [0.15, 0.2) is 0 Å². The molecule has 0 atom stereocenters. The fourth-order valence-corrected chi connectivity index (χ4v) is 2.36. The third kappa shape index (κ3) is 4.89. The lowest BCUT2D eigenvalue weighted by Gasteiger charge is -2.31. The molecule has 1 saturated carbocycles. The summed E-state index contributed by atoms with van der Waals surface area (Å²) in [5.41, 5.74) is 5.34. The van der Waals surface area contributed by atoms with Gasteiger partial charge in [0, 0.05) is 6.20 Å². The third-order valence-corrected chi connectivity index (χ3v) is 3.43. The number of carbonyl (C=O) groups excluding carboxylic acids is 1. The van der Waals surface area contributed by atoms with Gasteiger partial charge in [-0.05, 0) is 12.8 Å². The summed E-state index contributed by atoms with van der Waals surface area (Å²) in [6.07, 6.45) is 2.01. The first kappa shape index (κ1) is 17.8. The van der Waals surface area contributed by atoms with Crippen molar-refractivity contribution < 1.29 is 18.0 Å². The number of anilines is 1. The highest BCUT2D eigenvalue weighted by molar-refractivity contribution is 5.97. The Morgan fingerprint density at radius 3 is 2.57 bits per heavy atom. The second-order valence-electron chi connectivity index (χ2n) is 5.21. The number of nitrogens with two attached hydrogens (primary N) is 1. The van der Waals surface area contributed by atoms with Crippen molar-refractivity contribution in [2.75, 3.05) is 5.32 Å². The predicted molar refractivity (Wildman–Crippen MR) is 74.2 cm³/mol. The highest BCUT2D eigenvalue weighted by Gasteiger charge is 2.35. The fraction of sp³-hybridized carbons (Fsp3) is 0.667. The van der Waals surface area contributed by atoms with Gasteiger partial charge in [0.1, 0.15) is 6.54 Å². The van der Waals surface area contributed by atoms with E-state index in [4.69, 9.17) is 5.73 Å². The van der Waals surface area contributed by atoms with E-state index in [1.807, 2.05) is 0 Å². The van der Waals surface area contributed by atoms with Crippen molar-refractivity contribution in [3.8, 4) is 0 Å². The summed E-state index contributed by atoms with van der Waals surface area (Å²) in [6, 6.07) is 0. The fourth-order valence-electron chi connectivity index (χ4n) is 2.36. The summed E-state index contributed by atoms with van der Waals surface area (Å²) in [4.78, 5) is 12.1. The Morgan fingerprint density at radius 1 is 1.38 bits per heavy atom. The molecule has 21 heavy (non-hydrogen) atoms. The van der Waals surface area contributed by atoms with E-state index in [0.717, 1.165) is 30.1 Å². The van der Waals surface area contributed by atoms with Crippen molar-refractivity contribution in [2.45, 2.75) is 50.4 Å². The molecule has 0 aromatic carbocycles. The number of hydrogen-bond donors (Lipinski definition) is 2. The van der Waals surface area contributed by atoms with E-state index >= 15 is 0 Å². The molecule has 1 aromatic heterocycles. The van der Waals surface area contributed by atoms with E-state index in [1.54, 1.807) is 0 Å². The number of carbonyl (C=O) groups is 1. The minimum atomic E-state index is -4.34. The molecule has 0 spiro atoms. The van der Waals surface area contributed by atoms with Crippen LogP contribution in [-0.2, 0) is 11.3 Å². The monoisotopic (exact) mass is 326 g/mol. The average molecular weight is 327 g/mol. The average Bonchev–Trinajstić information content (AvgIpc) is 2.75. The van der Waals surface area contributed by atoms with E-state index in [0.29, 0.717) is 12.8 Å². The van der Waals surface area contributed by atoms with E-state index in [2.05, 4.69) is 10.4 Å². The Balaban J connectivity index is 0.00000220. The smallest absolute Gasteiger partial charge is 0.322 e. The number of amides is 1. The highest BCUT2D eigenvalue weighted by atomic mass is 35.5. The SMILES string of the molecule is Cl.NC1(C(=O)Nc2cnn(CC(F)(F)F)c2)CCCCC1. The third-order valence-electron chi connectivity index (χ3n) is 3.43. The maximum absolute atomic E-state index is 12.2. The number of halogens is 4. The van der Waals surface area contributed by atoms with Gasteiger partial charge in [-0.3, -0.25) is 9.48 Å². The summed E-state index contributed by atoms with van der Waals surface area (Å²) in [5.74, 6) is -0.358. The first-order chi connectivity index (χ1) is 9.28. The molecule has 5 nitrogen and oxygen atoms in total. The van der Waals surface area contributed by atoms with Crippen molar-refractivity contribution in [3.05, 3.63) is 12.4 Å². The molecule has 1 fully saturated rings. The summed E-state index contributed by atoms with van der Waals surface area (Å²) < 4.78 is 37.3. The lowest BCUT2D eigenvalue weighted by Crippen LogP contribution is -2.52. The van der Waals surface area contributed by atoms with Gasteiger partial charge in [-0.25, -0.2) is 0 Å². The molecular weight excluding hydrogens is 309 g/mol. The van der Waals surface area contributed by atoms with Crippen LogP contribution in [0.25, 0.3) is 0 Å². The first-order valence-electron chi connectivity index (χ1n) is 6.48. The molecule has 1 heterocycles. The molecule has 120 valence electrons. The molecular formula is C12H18ClF3N4O. The molecule has 1 aliphatic carbocycles. The van der Waals surface area contributed by atoms with E-state index in [9.17, 15) is 18.0 Å². The van der Waals surface area contributed by atoms with Gasteiger partial charge in [-0.1, -0.05) is 19.3 Å². The predicted octanol–water partition coefficient (Wildman–Crippen LogP) is 2.47. The van der Waals surface area contributed by atoms with Crippen molar-refractivity contribution in [1.29, 1.82) is 0 Å². The quantitative estimate of drug-likeness (QED) is 0.896. The van der Waals surface area contributed by atoms with Crippen LogP contribution in [0.15, 0.2) is 12.4 Å². The van der Waals surface area contributed by atoms with E-state index in [1.165, 1.54) is 6.20 Å². The lowest BCUT2D eigenvalue weighted by atomic mass is 9.82. The topological polar surface area (TPSA) is 72.9 Å². The molecule has 0 bridgehead atoms. The highest BCUT2D eigenvalue weighted by Crippen LogP contribution is 2.27. The van der Waals surface area contributed by atoms with Gasteiger partial charge in [0.05, 0.1) is 17.4 Å². The summed E-state index contributed by atoms with van der Waals surface area (Å²) in [5, 5.41) is 6.11. The lowest BCUT2D eigenvalue weighted by molar-refractivity contribution is -0.142. The number of nitrogens with one attached hydrogen (secondary N) is 1. The Bertz CT molecular complexity index is 483. The number of nitrogens with zero attached hydrogens (tertiary/aromatic N) is 2. The molecule has 0 unspecified atom stereocenters. The maximum Gasteiger partial charge on any atom is 0.408 e. The Labute approximate surface area is 126 Å². The molecule has 0 saturated heterocycles. The first-order valence-corrected chi connectivity index (χ1v) is 6.48. The largest absolute Gasteiger partial charge is 0.408 e.